The Morgan fingerprint density at radius 3 is 2.70 bits per heavy atom. The predicted molar refractivity (Wildman–Crippen MR) is 88.5 cm³/mol. The Morgan fingerprint density at radius 2 is 2.04 bits per heavy atom. The van der Waals surface area contributed by atoms with Gasteiger partial charge in [0.2, 0.25) is 5.95 Å². The van der Waals surface area contributed by atoms with E-state index in [1.807, 2.05) is 0 Å². The minimum absolute atomic E-state index is 0.00176. The fourth-order valence-electron chi connectivity index (χ4n) is 3.09. The first-order valence-corrected chi connectivity index (χ1v) is 7.81. The Kier molecular flexibility index (Phi) is 4.75. The molecule has 1 aromatic carbocycles. The summed E-state index contributed by atoms with van der Waals surface area (Å²) in [5.41, 5.74) is 4.75. The van der Waals surface area contributed by atoms with Crippen molar-refractivity contribution < 1.29 is 28.6 Å². The van der Waals surface area contributed by atoms with Crippen molar-refractivity contribution in [3.63, 3.8) is 0 Å². The largest absolute Gasteiger partial charge is 0.504 e. The number of nitrogens with one attached hydrogen (secondary N) is 1. The molecular formula is C16H15F2N5O4. The summed E-state index contributed by atoms with van der Waals surface area (Å²) in [5.74, 6) is -3.54. The van der Waals surface area contributed by atoms with E-state index in [1.54, 1.807) is 0 Å². The average molecular weight is 379 g/mol. The third-order valence-electron chi connectivity index (χ3n) is 4.26. The molecule has 2 heterocycles. The summed E-state index contributed by atoms with van der Waals surface area (Å²) >= 11 is 0. The van der Waals surface area contributed by atoms with Crippen LogP contribution in [0.3, 0.4) is 0 Å². The zero-order valence-corrected chi connectivity index (χ0v) is 13.8. The number of primary amides is 1. The second kappa shape index (κ2) is 7.02. The summed E-state index contributed by atoms with van der Waals surface area (Å²) in [5, 5.41) is 20.9. The molecule has 0 bridgehead atoms. The van der Waals surface area contributed by atoms with Crippen LogP contribution in [0.4, 0.5) is 19.5 Å². The Hall–Kier alpha value is -3.50. The maximum absolute atomic E-state index is 14.2. The Morgan fingerprint density at radius 1 is 1.30 bits per heavy atom. The molecule has 3 rings (SSSR count). The van der Waals surface area contributed by atoms with Gasteiger partial charge in [0.05, 0.1) is 12.2 Å². The fraction of sp³-hybridized carbons (Fsp3) is 0.250. The Labute approximate surface area is 151 Å². The second-order valence-corrected chi connectivity index (χ2v) is 6.00. The molecule has 27 heavy (non-hydrogen) atoms. The minimum Gasteiger partial charge on any atom is -0.504 e. The van der Waals surface area contributed by atoms with Crippen molar-refractivity contribution >= 4 is 17.9 Å². The van der Waals surface area contributed by atoms with E-state index in [9.17, 15) is 23.5 Å². The van der Waals surface area contributed by atoms with E-state index in [-0.39, 0.29) is 24.6 Å². The molecule has 11 heteroatoms. The number of carbonyl (C=O) groups excluding carboxylic acids is 1. The maximum Gasteiger partial charge on any atom is 0.404 e. The van der Waals surface area contributed by atoms with Crippen molar-refractivity contribution in [2.75, 3.05) is 18.0 Å². The van der Waals surface area contributed by atoms with Gasteiger partial charge in [-0.1, -0.05) is 0 Å². The standard InChI is InChI=1S/C16H15F2N5O4/c17-7-1-2-10(18)8(3-7)9-5-23(6-11(9)21-16(26)27)15-20-4-12(24)13(22-15)14(19)25/h1-4,9,11,21,24H,5-6H2,(H2,19,25)(H,26,27)/t9-,11+/m1/s1. The van der Waals surface area contributed by atoms with Crippen molar-refractivity contribution in [2.24, 2.45) is 5.73 Å². The first-order valence-electron chi connectivity index (χ1n) is 7.81. The lowest BCUT2D eigenvalue weighted by atomic mass is 9.94. The van der Waals surface area contributed by atoms with Crippen molar-refractivity contribution in [1.29, 1.82) is 0 Å². The third kappa shape index (κ3) is 3.71. The second-order valence-electron chi connectivity index (χ2n) is 6.00. The number of halogens is 2. The lowest BCUT2D eigenvalue weighted by molar-refractivity contribution is 0.0992. The number of carbonyl (C=O) groups is 2. The molecule has 1 fully saturated rings. The van der Waals surface area contributed by atoms with Gasteiger partial charge in [0, 0.05) is 19.0 Å². The van der Waals surface area contributed by atoms with Crippen LogP contribution >= 0.6 is 0 Å². The van der Waals surface area contributed by atoms with Crippen LogP contribution in [0.2, 0.25) is 0 Å². The molecule has 142 valence electrons. The molecule has 0 aliphatic carbocycles. The molecule has 2 aromatic rings. The molecule has 1 aliphatic rings. The Bertz CT molecular complexity index is 910. The van der Waals surface area contributed by atoms with Crippen LogP contribution in [0.25, 0.3) is 0 Å². The lowest BCUT2D eigenvalue weighted by Gasteiger charge is -2.18. The molecule has 9 nitrogen and oxygen atoms in total. The van der Waals surface area contributed by atoms with Crippen molar-refractivity contribution in [2.45, 2.75) is 12.0 Å². The van der Waals surface area contributed by atoms with Crippen LogP contribution in [0.15, 0.2) is 24.4 Å². The van der Waals surface area contributed by atoms with Gasteiger partial charge in [0.25, 0.3) is 5.91 Å². The first-order chi connectivity index (χ1) is 12.8. The molecule has 0 radical (unpaired) electrons. The molecule has 1 saturated heterocycles. The van der Waals surface area contributed by atoms with Gasteiger partial charge >= 0.3 is 6.09 Å². The summed E-state index contributed by atoms with van der Waals surface area (Å²) < 4.78 is 27.8. The minimum atomic E-state index is -1.33. The molecular weight excluding hydrogens is 364 g/mol. The molecule has 1 aromatic heterocycles. The first kappa shape index (κ1) is 18.3. The van der Waals surface area contributed by atoms with Gasteiger partial charge < -0.3 is 26.2 Å². The van der Waals surface area contributed by atoms with Crippen LogP contribution in [-0.2, 0) is 0 Å². The SMILES string of the molecule is NC(=O)c1nc(N2C[C@H](NC(=O)O)[C@@H](c3cc(F)ccc3F)C2)ncc1O. The molecule has 0 spiro atoms. The summed E-state index contributed by atoms with van der Waals surface area (Å²) in [6.45, 7) is 0.0875. The summed E-state index contributed by atoms with van der Waals surface area (Å²) in [6.07, 6.45) is -0.342. The van der Waals surface area contributed by atoms with Crippen LogP contribution in [0.1, 0.15) is 22.0 Å². The number of hydrogen-bond donors (Lipinski definition) is 4. The van der Waals surface area contributed by atoms with Crippen molar-refractivity contribution in [3.05, 3.63) is 47.3 Å². The van der Waals surface area contributed by atoms with Crippen LogP contribution < -0.4 is 16.0 Å². The van der Waals surface area contributed by atoms with Crippen LogP contribution in [0, 0.1) is 11.6 Å². The zero-order valence-electron chi connectivity index (χ0n) is 13.8. The lowest BCUT2D eigenvalue weighted by Crippen LogP contribution is -2.39. The molecule has 0 saturated carbocycles. The van der Waals surface area contributed by atoms with Crippen LogP contribution in [-0.4, -0.2) is 51.3 Å². The van der Waals surface area contributed by atoms with Gasteiger partial charge in [0.15, 0.2) is 11.4 Å². The highest BCUT2D eigenvalue weighted by Crippen LogP contribution is 2.32. The van der Waals surface area contributed by atoms with Crippen LogP contribution in [0.5, 0.6) is 5.75 Å². The number of nitrogens with two attached hydrogens (primary N) is 1. The zero-order chi connectivity index (χ0) is 19.7. The normalized spacial score (nSPS) is 19.1. The van der Waals surface area contributed by atoms with Gasteiger partial charge in [-0.05, 0) is 23.8 Å². The maximum atomic E-state index is 14.2. The highest BCUT2D eigenvalue weighted by atomic mass is 19.1. The van der Waals surface area contributed by atoms with Crippen molar-refractivity contribution in [1.82, 2.24) is 15.3 Å². The molecule has 2 atom stereocenters. The molecule has 1 aliphatic heterocycles. The summed E-state index contributed by atoms with van der Waals surface area (Å²) in [7, 11) is 0. The average Bonchev–Trinajstić information content (AvgIpc) is 3.00. The topological polar surface area (TPSA) is 142 Å². The Balaban J connectivity index is 1.96. The van der Waals surface area contributed by atoms with E-state index in [2.05, 4.69) is 15.3 Å². The fourth-order valence-corrected chi connectivity index (χ4v) is 3.09. The number of nitrogens with zero attached hydrogens (tertiary/aromatic N) is 3. The smallest absolute Gasteiger partial charge is 0.404 e. The van der Waals surface area contributed by atoms with Crippen molar-refractivity contribution in [3.8, 4) is 5.75 Å². The van der Waals surface area contributed by atoms with E-state index in [0.29, 0.717) is 0 Å². The molecule has 5 N–H and O–H groups in total. The van der Waals surface area contributed by atoms with Gasteiger partial charge in [-0.3, -0.25) is 4.79 Å². The van der Waals surface area contributed by atoms with Gasteiger partial charge in [0.1, 0.15) is 11.6 Å². The van der Waals surface area contributed by atoms with E-state index in [4.69, 9.17) is 10.8 Å². The third-order valence-corrected chi connectivity index (χ3v) is 4.26. The quantitative estimate of drug-likeness (QED) is 0.615. The summed E-state index contributed by atoms with van der Waals surface area (Å²) in [6, 6.07) is 2.15. The number of aromatic nitrogens is 2. The number of anilines is 1. The number of amides is 2. The van der Waals surface area contributed by atoms with Gasteiger partial charge in [-0.25, -0.2) is 23.5 Å². The number of carboxylic acid groups (broad SMARTS) is 1. The molecule has 2 amide bonds. The monoisotopic (exact) mass is 379 g/mol. The number of rotatable bonds is 4. The van der Waals surface area contributed by atoms with E-state index < -0.39 is 47.0 Å². The highest BCUT2D eigenvalue weighted by Gasteiger charge is 2.38. The molecule has 0 unspecified atom stereocenters. The van der Waals surface area contributed by atoms with Gasteiger partial charge in [-0.2, -0.15) is 0 Å². The van der Waals surface area contributed by atoms with Gasteiger partial charge in [-0.15, -0.1) is 0 Å². The highest BCUT2D eigenvalue weighted by molar-refractivity contribution is 5.93. The number of aromatic hydroxyl groups is 1. The van der Waals surface area contributed by atoms with E-state index in [1.165, 1.54) is 4.90 Å². The van der Waals surface area contributed by atoms with E-state index >= 15 is 0 Å². The van der Waals surface area contributed by atoms with E-state index in [0.717, 1.165) is 24.4 Å². The summed E-state index contributed by atoms with van der Waals surface area (Å²) in [4.78, 5) is 31.7. The predicted octanol–water partition coefficient (Wildman–Crippen LogP) is 0.799. The number of benzene rings is 1. The number of hydrogen-bond acceptors (Lipinski definition) is 6.